The molecule has 2 rings (SSSR count). The van der Waals surface area contributed by atoms with Gasteiger partial charge in [-0.2, -0.15) is 5.26 Å². The van der Waals surface area contributed by atoms with Crippen molar-refractivity contribution in [1.29, 1.82) is 5.26 Å². The number of thioether (sulfide) groups is 1. The van der Waals surface area contributed by atoms with Gasteiger partial charge >= 0.3 is 0 Å². The molecule has 3 nitrogen and oxygen atoms in total. The normalized spacial score (nSPS) is 27.9. The van der Waals surface area contributed by atoms with E-state index in [1.807, 2.05) is 36.3 Å². The number of hydrogen-bond acceptors (Lipinski definition) is 4. The fourth-order valence-electron chi connectivity index (χ4n) is 2.35. The van der Waals surface area contributed by atoms with E-state index in [-0.39, 0.29) is 5.54 Å². The Balaban J connectivity index is 1.96. The van der Waals surface area contributed by atoms with Crippen LogP contribution >= 0.6 is 11.8 Å². The number of aromatic nitrogens is 1. The summed E-state index contributed by atoms with van der Waals surface area (Å²) >= 11 is 1.86. The summed E-state index contributed by atoms with van der Waals surface area (Å²) in [4.78, 5) is 5.26. The van der Waals surface area contributed by atoms with Crippen LogP contribution in [-0.4, -0.2) is 22.3 Å². The van der Waals surface area contributed by atoms with Gasteiger partial charge < -0.3 is 0 Å². The van der Waals surface area contributed by atoms with E-state index in [9.17, 15) is 5.26 Å². The van der Waals surface area contributed by atoms with Crippen LogP contribution in [0.2, 0.25) is 0 Å². The first-order valence-corrected chi connectivity index (χ1v) is 6.89. The van der Waals surface area contributed by atoms with Gasteiger partial charge in [0.15, 0.2) is 0 Å². The number of rotatable bonds is 4. The lowest BCUT2D eigenvalue weighted by Gasteiger charge is -2.21. The third kappa shape index (κ3) is 2.99. The van der Waals surface area contributed by atoms with E-state index < -0.39 is 0 Å². The number of hydrogen-bond donors (Lipinski definition) is 1. The van der Waals surface area contributed by atoms with Gasteiger partial charge in [0, 0.05) is 22.5 Å². The van der Waals surface area contributed by atoms with Crippen LogP contribution in [0.25, 0.3) is 0 Å². The second kappa shape index (κ2) is 5.52. The van der Waals surface area contributed by atoms with Gasteiger partial charge in [-0.15, -0.1) is 11.8 Å². The molecule has 4 heteroatoms. The maximum Gasteiger partial charge on any atom is 0.107 e. The van der Waals surface area contributed by atoms with Crippen LogP contribution in [0.5, 0.6) is 0 Å². The van der Waals surface area contributed by atoms with Gasteiger partial charge in [-0.25, -0.2) is 0 Å². The Morgan fingerprint density at radius 2 is 2.35 bits per heavy atom. The van der Waals surface area contributed by atoms with E-state index >= 15 is 0 Å². The highest BCUT2D eigenvalue weighted by molar-refractivity contribution is 8.00. The van der Waals surface area contributed by atoms with E-state index in [0.717, 1.165) is 25.8 Å². The molecule has 17 heavy (non-hydrogen) atoms. The van der Waals surface area contributed by atoms with Gasteiger partial charge in [0.1, 0.15) is 5.54 Å². The monoisotopic (exact) mass is 247 g/mol. The Bertz CT molecular complexity index is 401. The van der Waals surface area contributed by atoms with Crippen molar-refractivity contribution in [1.82, 2.24) is 10.3 Å². The Morgan fingerprint density at radius 3 is 3.00 bits per heavy atom. The molecular formula is C13H17N3S. The van der Waals surface area contributed by atoms with E-state index in [2.05, 4.69) is 23.3 Å². The van der Waals surface area contributed by atoms with Crippen molar-refractivity contribution in [2.45, 2.75) is 41.9 Å². The summed E-state index contributed by atoms with van der Waals surface area (Å²) < 4.78 is 0. The van der Waals surface area contributed by atoms with Gasteiger partial charge in [-0.05, 0) is 37.9 Å². The molecule has 1 aromatic heterocycles. The lowest BCUT2D eigenvalue weighted by Crippen LogP contribution is -2.41. The predicted molar refractivity (Wildman–Crippen MR) is 69.8 cm³/mol. The first kappa shape index (κ1) is 12.4. The minimum atomic E-state index is -0.292. The molecule has 0 saturated heterocycles. The van der Waals surface area contributed by atoms with Crippen molar-refractivity contribution in [3.8, 4) is 6.07 Å². The Morgan fingerprint density at radius 1 is 1.59 bits per heavy atom. The Kier molecular flexibility index (Phi) is 4.03. The van der Waals surface area contributed by atoms with E-state index in [1.165, 1.54) is 4.90 Å². The minimum absolute atomic E-state index is 0.292. The van der Waals surface area contributed by atoms with E-state index in [4.69, 9.17) is 0 Å². The molecule has 0 radical (unpaired) electrons. The van der Waals surface area contributed by atoms with Crippen molar-refractivity contribution in [3.63, 3.8) is 0 Å². The van der Waals surface area contributed by atoms with Crippen LogP contribution in [0.4, 0.5) is 0 Å². The number of nitrogens with zero attached hydrogens (tertiary/aromatic N) is 2. The van der Waals surface area contributed by atoms with E-state index in [1.54, 1.807) is 0 Å². The molecule has 1 aliphatic rings. The average Bonchev–Trinajstić information content (AvgIpc) is 2.75. The van der Waals surface area contributed by atoms with Crippen LogP contribution in [0, 0.1) is 11.3 Å². The first-order valence-electron chi connectivity index (χ1n) is 6.01. The Hall–Kier alpha value is -1.05. The highest BCUT2D eigenvalue weighted by Crippen LogP contribution is 2.39. The molecule has 2 atom stereocenters. The molecule has 1 aromatic rings. The van der Waals surface area contributed by atoms with Crippen LogP contribution in [0.1, 0.15) is 26.2 Å². The van der Waals surface area contributed by atoms with Gasteiger partial charge in [0.05, 0.1) is 6.07 Å². The minimum Gasteiger partial charge on any atom is -0.300 e. The molecule has 0 bridgehead atoms. The summed E-state index contributed by atoms with van der Waals surface area (Å²) in [5.74, 6) is 0. The van der Waals surface area contributed by atoms with Gasteiger partial charge in [0.2, 0.25) is 0 Å². The fraction of sp³-hybridized carbons (Fsp3) is 0.538. The van der Waals surface area contributed by atoms with Crippen molar-refractivity contribution >= 4 is 11.8 Å². The molecule has 1 N–H and O–H groups in total. The highest BCUT2D eigenvalue weighted by atomic mass is 32.2. The van der Waals surface area contributed by atoms with Crippen LogP contribution < -0.4 is 5.32 Å². The molecule has 90 valence electrons. The van der Waals surface area contributed by atoms with Crippen molar-refractivity contribution in [2.75, 3.05) is 6.54 Å². The lowest BCUT2D eigenvalue weighted by atomic mass is 10.0. The van der Waals surface area contributed by atoms with Gasteiger partial charge in [-0.1, -0.05) is 6.92 Å². The molecule has 0 spiro atoms. The van der Waals surface area contributed by atoms with Crippen molar-refractivity contribution < 1.29 is 0 Å². The number of nitriles is 1. The number of pyridine rings is 1. The molecule has 2 unspecified atom stereocenters. The third-order valence-corrected chi connectivity index (χ3v) is 4.43. The highest BCUT2D eigenvalue weighted by Gasteiger charge is 2.38. The molecule has 1 fully saturated rings. The zero-order valence-corrected chi connectivity index (χ0v) is 10.8. The topological polar surface area (TPSA) is 48.7 Å². The average molecular weight is 247 g/mol. The van der Waals surface area contributed by atoms with Crippen LogP contribution in [0.15, 0.2) is 29.4 Å². The lowest BCUT2D eigenvalue weighted by molar-refractivity contribution is 0.436. The quantitative estimate of drug-likeness (QED) is 0.888. The standard InChI is InChI=1S/C13H17N3S/c1-2-16-13(10-14)6-3-12(9-13)17-11-4-7-15-8-5-11/h4-5,7-8,12,16H,2-3,6,9H2,1H3. The zero-order chi connectivity index (χ0) is 12.1. The SMILES string of the molecule is CCNC1(C#N)CCC(Sc2ccncc2)C1. The second-order valence-electron chi connectivity index (χ2n) is 4.39. The molecule has 1 saturated carbocycles. The molecule has 1 heterocycles. The maximum atomic E-state index is 9.30. The first-order chi connectivity index (χ1) is 8.28. The fourth-order valence-corrected chi connectivity index (χ4v) is 3.62. The molecule has 0 amide bonds. The van der Waals surface area contributed by atoms with Crippen molar-refractivity contribution in [2.24, 2.45) is 0 Å². The summed E-state index contributed by atoms with van der Waals surface area (Å²) in [6.45, 7) is 2.92. The number of nitrogens with one attached hydrogen (secondary N) is 1. The summed E-state index contributed by atoms with van der Waals surface area (Å²) in [7, 11) is 0. The predicted octanol–water partition coefficient (Wildman–Crippen LogP) is 2.60. The molecule has 0 aliphatic heterocycles. The molecule has 1 aliphatic carbocycles. The van der Waals surface area contributed by atoms with Gasteiger partial charge in [0.25, 0.3) is 0 Å². The summed E-state index contributed by atoms with van der Waals surface area (Å²) in [5.41, 5.74) is -0.292. The smallest absolute Gasteiger partial charge is 0.107 e. The van der Waals surface area contributed by atoms with Gasteiger partial charge in [-0.3, -0.25) is 10.3 Å². The summed E-state index contributed by atoms with van der Waals surface area (Å²) in [6, 6.07) is 6.52. The molecular weight excluding hydrogens is 230 g/mol. The summed E-state index contributed by atoms with van der Waals surface area (Å²) in [6.07, 6.45) is 6.64. The van der Waals surface area contributed by atoms with Crippen LogP contribution in [0.3, 0.4) is 0 Å². The zero-order valence-electron chi connectivity index (χ0n) is 10.0. The van der Waals surface area contributed by atoms with Crippen LogP contribution in [-0.2, 0) is 0 Å². The summed E-state index contributed by atoms with van der Waals surface area (Å²) in [5, 5.41) is 13.2. The third-order valence-electron chi connectivity index (χ3n) is 3.15. The Labute approximate surface area is 107 Å². The second-order valence-corrected chi connectivity index (χ2v) is 5.76. The molecule has 0 aromatic carbocycles. The van der Waals surface area contributed by atoms with E-state index in [0.29, 0.717) is 5.25 Å². The van der Waals surface area contributed by atoms with Crippen molar-refractivity contribution in [3.05, 3.63) is 24.5 Å². The maximum absolute atomic E-state index is 9.30. The largest absolute Gasteiger partial charge is 0.300 e.